The summed E-state index contributed by atoms with van der Waals surface area (Å²) in [5, 5.41) is 4.54. The third-order valence-corrected chi connectivity index (χ3v) is 7.00. The van der Waals surface area contributed by atoms with Crippen molar-refractivity contribution in [3.05, 3.63) is 89.9 Å². The molecule has 212 valence electrons. The molecule has 0 bridgehead atoms. The highest BCUT2D eigenvalue weighted by Crippen LogP contribution is 2.31. The Balaban J connectivity index is 1.33. The SMILES string of the molecule is CCOC(=O)c1cc(-c2ccc(N3CCN(C(=O)c4ccc(OC)c(F)c4)CC3)cc2)n(-c2ccccc2OC)n1. The maximum Gasteiger partial charge on any atom is 0.358 e. The molecule has 1 aliphatic heterocycles. The Hall–Kier alpha value is -4.86. The van der Waals surface area contributed by atoms with E-state index in [1.807, 2.05) is 48.5 Å². The number of hydrogen-bond acceptors (Lipinski definition) is 7. The molecular weight excluding hydrogens is 527 g/mol. The largest absolute Gasteiger partial charge is 0.494 e. The highest BCUT2D eigenvalue weighted by Gasteiger charge is 2.24. The number of ether oxygens (including phenoxy) is 3. The van der Waals surface area contributed by atoms with E-state index in [1.54, 1.807) is 35.7 Å². The molecule has 0 spiro atoms. The molecule has 0 radical (unpaired) electrons. The number of esters is 1. The van der Waals surface area contributed by atoms with Crippen LogP contribution < -0.4 is 14.4 Å². The number of halogens is 1. The molecule has 1 aliphatic rings. The van der Waals surface area contributed by atoms with E-state index in [9.17, 15) is 14.0 Å². The summed E-state index contributed by atoms with van der Waals surface area (Å²) in [6, 6.07) is 21.4. The first-order valence-electron chi connectivity index (χ1n) is 13.3. The molecule has 5 rings (SSSR count). The van der Waals surface area contributed by atoms with E-state index < -0.39 is 11.8 Å². The second-order valence-corrected chi connectivity index (χ2v) is 9.39. The van der Waals surface area contributed by atoms with Gasteiger partial charge in [-0.05, 0) is 55.5 Å². The zero-order valence-corrected chi connectivity index (χ0v) is 23.2. The van der Waals surface area contributed by atoms with Gasteiger partial charge in [0.1, 0.15) is 11.4 Å². The summed E-state index contributed by atoms with van der Waals surface area (Å²) < 4.78 is 31.5. The fraction of sp³-hybridized carbons (Fsp3) is 0.258. The van der Waals surface area contributed by atoms with Gasteiger partial charge < -0.3 is 24.0 Å². The van der Waals surface area contributed by atoms with Crippen LogP contribution in [0, 0.1) is 5.82 Å². The number of benzene rings is 3. The van der Waals surface area contributed by atoms with Crippen LogP contribution in [-0.2, 0) is 4.74 Å². The van der Waals surface area contributed by atoms with Gasteiger partial charge in [0, 0.05) is 43.0 Å². The van der Waals surface area contributed by atoms with Crippen LogP contribution in [-0.4, -0.2) is 73.6 Å². The van der Waals surface area contributed by atoms with E-state index in [1.165, 1.54) is 19.2 Å². The molecule has 4 aromatic rings. The normalized spacial score (nSPS) is 13.2. The number of aromatic nitrogens is 2. The number of para-hydroxylation sites is 2. The molecule has 9 nitrogen and oxygen atoms in total. The van der Waals surface area contributed by atoms with Crippen LogP contribution in [0.25, 0.3) is 16.9 Å². The summed E-state index contributed by atoms with van der Waals surface area (Å²) in [6.07, 6.45) is 0. The molecule has 0 saturated carbocycles. The molecule has 2 heterocycles. The van der Waals surface area contributed by atoms with Gasteiger partial charge in [0.25, 0.3) is 5.91 Å². The van der Waals surface area contributed by atoms with Gasteiger partial charge in [-0.25, -0.2) is 13.9 Å². The number of carbonyl (C=O) groups excluding carboxylic acids is 2. The predicted molar refractivity (Wildman–Crippen MR) is 153 cm³/mol. The number of rotatable bonds is 8. The average molecular weight is 559 g/mol. The molecule has 0 N–H and O–H groups in total. The molecule has 0 atom stereocenters. The smallest absolute Gasteiger partial charge is 0.358 e. The van der Waals surface area contributed by atoms with Crippen LogP contribution in [0.4, 0.5) is 10.1 Å². The van der Waals surface area contributed by atoms with E-state index in [2.05, 4.69) is 10.00 Å². The maximum atomic E-state index is 14.1. The Labute approximate surface area is 237 Å². The van der Waals surface area contributed by atoms with E-state index in [0.717, 1.165) is 11.3 Å². The van der Waals surface area contributed by atoms with E-state index in [4.69, 9.17) is 14.2 Å². The quantitative estimate of drug-likeness (QED) is 0.286. The molecule has 1 aromatic heterocycles. The van der Waals surface area contributed by atoms with Crippen molar-refractivity contribution in [2.45, 2.75) is 6.92 Å². The van der Waals surface area contributed by atoms with Gasteiger partial charge in [0.2, 0.25) is 0 Å². The molecule has 1 amide bonds. The first kappa shape index (κ1) is 27.7. The first-order chi connectivity index (χ1) is 19.9. The molecule has 1 fully saturated rings. The van der Waals surface area contributed by atoms with Crippen molar-refractivity contribution in [2.75, 3.05) is 51.9 Å². The fourth-order valence-electron chi connectivity index (χ4n) is 4.87. The second kappa shape index (κ2) is 12.1. The summed E-state index contributed by atoms with van der Waals surface area (Å²) in [6.45, 7) is 4.30. The van der Waals surface area contributed by atoms with Crippen molar-refractivity contribution in [2.24, 2.45) is 0 Å². The van der Waals surface area contributed by atoms with E-state index in [0.29, 0.717) is 48.9 Å². The second-order valence-electron chi connectivity index (χ2n) is 9.39. The zero-order chi connectivity index (χ0) is 28.9. The Kier molecular flexibility index (Phi) is 8.19. The minimum absolute atomic E-state index is 0.109. The number of nitrogens with zero attached hydrogens (tertiary/aromatic N) is 4. The lowest BCUT2D eigenvalue weighted by atomic mass is 10.1. The molecule has 1 saturated heterocycles. The van der Waals surface area contributed by atoms with Crippen molar-refractivity contribution in [3.8, 4) is 28.4 Å². The minimum atomic E-state index is -0.557. The predicted octanol–water partition coefficient (Wildman–Crippen LogP) is 4.83. The number of hydrogen-bond donors (Lipinski definition) is 0. The number of amides is 1. The van der Waals surface area contributed by atoms with Crippen molar-refractivity contribution in [1.29, 1.82) is 0 Å². The Morgan fingerprint density at radius 2 is 1.59 bits per heavy atom. The number of methoxy groups -OCH3 is 2. The Morgan fingerprint density at radius 1 is 0.878 bits per heavy atom. The Morgan fingerprint density at radius 3 is 2.24 bits per heavy atom. The molecule has 41 heavy (non-hydrogen) atoms. The maximum absolute atomic E-state index is 14.1. The van der Waals surface area contributed by atoms with Crippen molar-refractivity contribution in [1.82, 2.24) is 14.7 Å². The zero-order valence-electron chi connectivity index (χ0n) is 23.2. The van der Waals surface area contributed by atoms with Gasteiger partial charge in [0.05, 0.1) is 26.5 Å². The lowest BCUT2D eigenvalue weighted by Gasteiger charge is -2.36. The van der Waals surface area contributed by atoms with Crippen LogP contribution in [0.1, 0.15) is 27.8 Å². The molecule has 0 unspecified atom stereocenters. The van der Waals surface area contributed by atoms with E-state index in [-0.39, 0.29) is 24.0 Å². The minimum Gasteiger partial charge on any atom is -0.494 e. The van der Waals surface area contributed by atoms with Crippen molar-refractivity contribution in [3.63, 3.8) is 0 Å². The lowest BCUT2D eigenvalue weighted by Crippen LogP contribution is -2.48. The van der Waals surface area contributed by atoms with Gasteiger partial charge in [0.15, 0.2) is 17.3 Å². The lowest BCUT2D eigenvalue weighted by molar-refractivity contribution is 0.0518. The van der Waals surface area contributed by atoms with E-state index >= 15 is 0 Å². The third-order valence-electron chi connectivity index (χ3n) is 7.00. The molecule has 0 aliphatic carbocycles. The average Bonchev–Trinajstić information content (AvgIpc) is 3.46. The van der Waals surface area contributed by atoms with Crippen LogP contribution >= 0.6 is 0 Å². The van der Waals surface area contributed by atoms with Gasteiger partial charge in [-0.15, -0.1) is 0 Å². The highest BCUT2D eigenvalue weighted by molar-refractivity contribution is 5.94. The number of piperazine rings is 1. The first-order valence-corrected chi connectivity index (χ1v) is 13.3. The fourth-order valence-corrected chi connectivity index (χ4v) is 4.87. The molecule has 10 heteroatoms. The summed E-state index contributed by atoms with van der Waals surface area (Å²) in [4.78, 5) is 29.4. The topological polar surface area (TPSA) is 86.1 Å². The number of anilines is 1. The van der Waals surface area contributed by atoms with Crippen LogP contribution in [0.15, 0.2) is 72.8 Å². The number of carbonyl (C=O) groups is 2. The summed E-state index contributed by atoms with van der Waals surface area (Å²) >= 11 is 0. The van der Waals surface area contributed by atoms with Crippen LogP contribution in [0.2, 0.25) is 0 Å². The summed E-state index contributed by atoms with van der Waals surface area (Å²) in [7, 11) is 2.98. The van der Waals surface area contributed by atoms with Crippen molar-refractivity contribution < 1.29 is 28.2 Å². The summed E-state index contributed by atoms with van der Waals surface area (Å²) in [5.74, 6) is -0.530. The standard InChI is InChI=1S/C31H31FN4O5/c1-4-41-31(38)25-20-27(36(33-25)26-7-5-6-8-29(26)40-3)21-9-12-23(13-10-21)34-15-17-35(18-16-34)30(37)22-11-14-28(39-2)24(32)19-22/h5-14,19-20H,4,15-18H2,1-3H3. The van der Waals surface area contributed by atoms with Crippen LogP contribution in [0.5, 0.6) is 11.5 Å². The van der Waals surface area contributed by atoms with Crippen LogP contribution in [0.3, 0.4) is 0 Å². The van der Waals surface area contributed by atoms with Gasteiger partial charge >= 0.3 is 5.97 Å². The molecule has 3 aromatic carbocycles. The third kappa shape index (κ3) is 5.72. The Bertz CT molecular complexity index is 1540. The monoisotopic (exact) mass is 558 g/mol. The van der Waals surface area contributed by atoms with Gasteiger partial charge in [-0.3, -0.25) is 4.79 Å². The van der Waals surface area contributed by atoms with Crippen molar-refractivity contribution >= 4 is 17.6 Å². The highest BCUT2D eigenvalue weighted by atomic mass is 19.1. The summed E-state index contributed by atoms with van der Waals surface area (Å²) in [5.41, 5.74) is 3.78. The van der Waals surface area contributed by atoms with Gasteiger partial charge in [-0.1, -0.05) is 24.3 Å². The molecular formula is C31H31FN4O5. The van der Waals surface area contributed by atoms with Gasteiger partial charge in [-0.2, -0.15) is 5.10 Å².